The minimum Gasteiger partial charge on any atom is -0.396 e. The molecular weight excluding hydrogens is 170 g/mol. The second kappa shape index (κ2) is 4.61. The Balaban J connectivity index is 2.62. The number of hydrogen-bond acceptors (Lipinski definition) is 4. The Labute approximate surface area is 75.8 Å². The number of nitrogens with two attached hydrogens (primary N) is 1. The quantitative estimate of drug-likeness (QED) is 0.622. The van der Waals surface area contributed by atoms with Gasteiger partial charge in [0, 0.05) is 19.3 Å². The maximum Gasteiger partial charge on any atom is 0.349 e. The number of unbranched alkanes of at least 4 members (excludes halogenated alkanes) is 1. The predicted octanol–water partition coefficient (Wildman–Crippen LogP) is -0.402. The van der Waals surface area contributed by atoms with E-state index >= 15 is 0 Å². The highest BCUT2D eigenvalue weighted by atomic mass is 16.2. The standard InChI is InChI=1S/C8H13N3O2/c9-7-3-5-11(8(13)10-7)4-1-2-6-12/h3,5,12H,1-2,4,6H2,(H2,9,10,13). The Morgan fingerprint density at radius 1 is 1.54 bits per heavy atom. The highest BCUT2D eigenvalue weighted by Crippen LogP contribution is 1.93. The van der Waals surface area contributed by atoms with Gasteiger partial charge in [-0.2, -0.15) is 4.98 Å². The molecule has 5 heteroatoms. The van der Waals surface area contributed by atoms with E-state index in [2.05, 4.69) is 4.98 Å². The molecule has 0 aliphatic rings. The molecule has 0 unspecified atom stereocenters. The Kier molecular flexibility index (Phi) is 3.45. The van der Waals surface area contributed by atoms with Gasteiger partial charge in [0.15, 0.2) is 0 Å². The SMILES string of the molecule is Nc1ccn(CCCCO)c(=O)n1. The first kappa shape index (κ1) is 9.73. The number of aryl methyl sites for hydroxylation is 1. The van der Waals surface area contributed by atoms with E-state index in [-0.39, 0.29) is 18.1 Å². The molecule has 0 aromatic carbocycles. The van der Waals surface area contributed by atoms with Crippen LogP contribution in [0.15, 0.2) is 17.1 Å². The van der Waals surface area contributed by atoms with Crippen molar-refractivity contribution in [3.8, 4) is 0 Å². The van der Waals surface area contributed by atoms with Crippen LogP contribution in [0.1, 0.15) is 12.8 Å². The van der Waals surface area contributed by atoms with Crippen LogP contribution in [0.4, 0.5) is 5.82 Å². The van der Waals surface area contributed by atoms with Gasteiger partial charge < -0.3 is 10.8 Å². The van der Waals surface area contributed by atoms with E-state index in [1.807, 2.05) is 0 Å². The van der Waals surface area contributed by atoms with Crippen LogP contribution in [-0.2, 0) is 6.54 Å². The molecule has 0 saturated carbocycles. The van der Waals surface area contributed by atoms with Gasteiger partial charge in [-0.05, 0) is 18.9 Å². The van der Waals surface area contributed by atoms with Crippen LogP contribution in [0.5, 0.6) is 0 Å². The summed E-state index contributed by atoms with van der Waals surface area (Å²) in [6.45, 7) is 0.726. The molecule has 1 aromatic rings. The van der Waals surface area contributed by atoms with Gasteiger partial charge in [0.2, 0.25) is 0 Å². The summed E-state index contributed by atoms with van der Waals surface area (Å²) in [5, 5.41) is 8.53. The minimum absolute atomic E-state index is 0.150. The third kappa shape index (κ3) is 2.87. The van der Waals surface area contributed by atoms with Crippen LogP contribution in [0, 0.1) is 0 Å². The lowest BCUT2D eigenvalue weighted by atomic mass is 10.3. The van der Waals surface area contributed by atoms with Gasteiger partial charge in [-0.15, -0.1) is 0 Å². The fourth-order valence-corrected chi connectivity index (χ4v) is 1.01. The third-order valence-electron chi connectivity index (χ3n) is 1.70. The monoisotopic (exact) mass is 183 g/mol. The molecule has 1 heterocycles. The molecule has 0 spiro atoms. The second-order valence-electron chi connectivity index (χ2n) is 2.76. The molecule has 1 rings (SSSR count). The molecule has 0 aliphatic carbocycles. The number of nitrogens with zero attached hydrogens (tertiary/aromatic N) is 2. The molecule has 0 radical (unpaired) electrons. The van der Waals surface area contributed by atoms with Crippen molar-refractivity contribution in [2.75, 3.05) is 12.3 Å². The Morgan fingerprint density at radius 2 is 2.31 bits per heavy atom. The number of aromatic nitrogens is 2. The smallest absolute Gasteiger partial charge is 0.349 e. The molecule has 0 fully saturated rings. The van der Waals surface area contributed by atoms with Gasteiger partial charge in [-0.1, -0.05) is 0 Å². The fourth-order valence-electron chi connectivity index (χ4n) is 1.01. The van der Waals surface area contributed by atoms with Crippen molar-refractivity contribution >= 4 is 5.82 Å². The molecule has 0 amide bonds. The molecule has 1 aromatic heterocycles. The van der Waals surface area contributed by atoms with Gasteiger partial charge in [-0.25, -0.2) is 4.79 Å². The van der Waals surface area contributed by atoms with Gasteiger partial charge in [0.25, 0.3) is 0 Å². The second-order valence-corrected chi connectivity index (χ2v) is 2.76. The molecule has 72 valence electrons. The first-order valence-corrected chi connectivity index (χ1v) is 4.18. The molecule has 0 saturated heterocycles. The number of hydrogen-bond donors (Lipinski definition) is 2. The summed E-state index contributed by atoms with van der Waals surface area (Å²) in [5.74, 6) is 0.239. The normalized spacial score (nSPS) is 10.2. The summed E-state index contributed by atoms with van der Waals surface area (Å²) in [5.41, 5.74) is 4.98. The summed E-state index contributed by atoms with van der Waals surface area (Å²) in [4.78, 5) is 14.7. The summed E-state index contributed by atoms with van der Waals surface area (Å²) in [7, 11) is 0. The van der Waals surface area contributed by atoms with Crippen molar-refractivity contribution in [3.63, 3.8) is 0 Å². The van der Waals surface area contributed by atoms with Crippen molar-refractivity contribution in [1.29, 1.82) is 0 Å². The maximum absolute atomic E-state index is 11.1. The van der Waals surface area contributed by atoms with E-state index in [4.69, 9.17) is 10.8 Å². The lowest BCUT2D eigenvalue weighted by Gasteiger charge is -2.03. The van der Waals surface area contributed by atoms with Crippen molar-refractivity contribution in [2.24, 2.45) is 0 Å². The number of nitrogen functional groups attached to an aromatic ring is 1. The Hall–Kier alpha value is -1.36. The van der Waals surface area contributed by atoms with Gasteiger partial charge >= 0.3 is 5.69 Å². The lowest BCUT2D eigenvalue weighted by Crippen LogP contribution is -2.23. The highest BCUT2D eigenvalue weighted by Gasteiger charge is 1.96. The van der Waals surface area contributed by atoms with Crippen molar-refractivity contribution in [2.45, 2.75) is 19.4 Å². The van der Waals surface area contributed by atoms with Crippen LogP contribution in [0.2, 0.25) is 0 Å². The van der Waals surface area contributed by atoms with Crippen molar-refractivity contribution < 1.29 is 5.11 Å². The molecule has 13 heavy (non-hydrogen) atoms. The number of aliphatic hydroxyl groups is 1. The van der Waals surface area contributed by atoms with Crippen molar-refractivity contribution in [1.82, 2.24) is 9.55 Å². The average Bonchev–Trinajstić information content (AvgIpc) is 2.09. The minimum atomic E-state index is -0.335. The molecular formula is C8H13N3O2. The van der Waals surface area contributed by atoms with E-state index in [1.165, 1.54) is 4.57 Å². The topological polar surface area (TPSA) is 81.1 Å². The van der Waals surface area contributed by atoms with E-state index in [0.29, 0.717) is 13.0 Å². The van der Waals surface area contributed by atoms with Crippen LogP contribution >= 0.6 is 0 Å². The van der Waals surface area contributed by atoms with E-state index in [1.54, 1.807) is 12.3 Å². The number of aliphatic hydroxyl groups excluding tert-OH is 1. The van der Waals surface area contributed by atoms with Crippen LogP contribution in [0.3, 0.4) is 0 Å². The first-order valence-electron chi connectivity index (χ1n) is 4.18. The zero-order valence-electron chi connectivity index (χ0n) is 7.31. The van der Waals surface area contributed by atoms with Gasteiger partial charge in [-0.3, -0.25) is 4.57 Å². The summed E-state index contributed by atoms with van der Waals surface area (Å²) < 4.78 is 1.48. The first-order chi connectivity index (χ1) is 6.24. The van der Waals surface area contributed by atoms with Crippen LogP contribution < -0.4 is 11.4 Å². The van der Waals surface area contributed by atoms with E-state index in [9.17, 15) is 4.79 Å². The molecule has 3 N–H and O–H groups in total. The highest BCUT2D eigenvalue weighted by molar-refractivity contribution is 5.23. The van der Waals surface area contributed by atoms with Gasteiger partial charge in [0.05, 0.1) is 0 Å². The summed E-state index contributed by atoms with van der Waals surface area (Å²) in [6, 6.07) is 1.58. The van der Waals surface area contributed by atoms with E-state index < -0.39 is 0 Å². The fraction of sp³-hybridized carbons (Fsp3) is 0.500. The van der Waals surface area contributed by atoms with Crippen molar-refractivity contribution in [3.05, 3.63) is 22.7 Å². The number of rotatable bonds is 4. The summed E-state index contributed by atoms with van der Waals surface area (Å²) >= 11 is 0. The zero-order valence-corrected chi connectivity index (χ0v) is 7.31. The number of anilines is 1. The molecule has 5 nitrogen and oxygen atoms in total. The molecule has 0 atom stereocenters. The van der Waals surface area contributed by atoms with Gasteiger partial charge in [0.1, 0.15) is 5.82 Å². The van der Waals surface area contributed by atoms with Crippen LogP contribution in [-0.4, -0.2) is 21.3 Å². The Bertz CT molecular complexity index is 321. The lowest BCUT2D eigenvalue weighted by molar-refractivity contribution is 0.281. The average molecular weight is 183 g/mol. The third-order valence-corrected chi connectivity index (χ3v) is 1.70. The van der Waals surface area contributed by atoms with E-state index in [0.717, 1.165) is 6.42 Å². The predicted molar refractivity (Wildman–Crippen MR) is 49.2 cm³/mol. The molecule has 0 aliphatic heterocycles. The summed E-state index contributed by atoms with van der Waals surface area (Å²) in [6.07, 6.45) is 3.07. The largest absolute Gasteiger partial charge is 0.396 e. The zero-order chi connectivity index (χ0) is 9.68. The maximum atomic E-state index is 11.1. The van der Waals surface area contributed by atoms with Crippen LogP contribution in [0.25, 0.3) is 0 Å². The molecule has 0 bridgehead atoms. The Morgan fingerprint density at radius 3 is 2.92 bits per heavy atom.